The minimum atomic E-state index is -0.915. The lowest BCUT2D eigenvalue weighted by Gasteiger charge is -2.59. The Balaban J connectivity index is 1.40. The highest BCUT2D eigenvalue weighted by atomic mass is 32.2. The molecule has 160 valence electrons. The molecule has 5 rings (SSSR count). The first kappa shape index (κ1) is 21.2. The van der Waals surface area contributed by atoms with Crippen molar-refractivity contribution in [1.82, 2.24) is 10.6 Å². The Bertz CT molecular complexity index is 843. The van der Waals surface area contributed by atoms with E-state index >= 15 is 0 Å². The summed E-state index contributed by atoms with van der Waals surface area (Å²) in [6.07, 6.45) is 7.82. The standard InChI is InChI=1S/C23H30N4O2S/c1-13(23-7-14-4-15(8-23)6-16(5-14)9-23)26-19(28)12-30-21-18(11-25)22(2,3)17(10-24)20(29)27-21/h13-17H,4-9,12H2,1-3H3,(H,26,28)(H,27,29)/t13-,14?,15?,16?,17+,23?/m1/s1. The average Bonchev–Trinajstić information content (AvgIpc) is 2.64. The van der Waals surface area contributed by atoms with Crippen LogP contribution in [0.3, 0.4) is 0 Å². The summed E-state index contributed by atoms with van der Waals surface area (Å²) in [6.45, 7) is 5.61. The molecule has 0 radical (unpaired) electrons. The van der Waals surface area contributed by atoms with Gasteiger partial charge >= 0.3 is 0 Å². The zero-order valence-electron chi connectivity index (χ0n) is 18.0. The normalized spacial score (nSPS) is 37.2. The molecular weight excluding hydrogens is 396 g/mol. The maximum Gasteiger partial charge on any atom is 0.243 e. The van der Waals surface area contributed by atoms with Gasteiger partial charge in [-0.25, -0.2) is 0 Å². The number of nitriles is 2. The molecule has 6 nitrogen and oxygen atoms in total. The molecule has 1 aliphatic heterocycles. The average molecular weight is 427 g/mol. The monoisotopic (exact) mass is 426 g/mol. The molecule has 0 aromatic heterocycles. The Morgan fingerprint density at radius 3 is 2.27 bits per heavy atom. The van der Waals surface area contributed by atoms with Crippen molar-refractivity contribution in [2.45, 2.75) is 65.3 Å². The van der Waals surface area contributed by atoms with Crippen LogP contribution >= 0.6 is 11.8 Å². The summed E-state index contributed by atoms with van der Waals surface area (Å²) in [7, 11) is 0. The lowest BCUT2D eigenvalue weighted by molar-refractivity contribution is -0.125. The second-order valence-corrected chi connectivity index (χ2v) is 11.4. The Kier molecular flexibility index (Phi) is 5.39. The Labute approximate surface area is 182 Å². The molecule has 2 atom stereocenters. The number of thioether (sulfide) groups is 1. The molecule has 4 fully saturated rings. The van der Waals surface area contributed by atoms with Crippen molar-refractivity contribution in [2.24, 2.45) is 34.5 Å². The van der Waals surface area contributed by atoms with E-state index in [9.17, 15) is 20.1 Å². The van der Waals surface area contributed by atoms with Crippen molar-refractivity contribution >= 4 is 23.6 Å². The van der Waals surface area contributed by atoms with E-state index in [1.807, 2.05) is 6.07 Å². The van der Waals surface area contributed by atoms with Crippen LogP contribution in [0.1, 0.15) is 59.3 Å². The van der Waals surface area contributed by atoms with Crippen LogP contribution in [-0.4, -0.2) is 23.6 Å². The lowest BCUT2D eigenvalue weighted by atomic mass is 9.48. The van der Waals surface area contributed by atoms with Crippen LogP contribution in [0.5, 0.6) is 0 Å². The molecule has 4 bridgehead atoms. The third-order valence-electron chi connectivity index (χ3n) is 8.06. The zero-order valence-corrected chi connectivity index (χ0v) is 18.8. The number of rotatable bonds is 5. The van der Waals surface area contributed by atoms with E-state index in [1.54, 1.807) is 13.8 Å². The molecule has 4 aliphatic carbocycles. The van der Waals surface area contributed by atoms with Crippen molar-refractivity contribution in [3.63, 3.8) is 0 Å². The zero-order chi connectivity index (χ0) is 21.7. The number of nitrogens with one attached hydrogen (secondary N) is 2. The summed E-state index contributed by atoms with van der Waals surface area (Å²) in [5.41, 5.74) is -0.273. The van der Waals surface area contributed by atoms with Crippen molar-refractivity contribution in [3.8, 4) is 12.1 Å². The summed E-state index contributed by atoms with van der Waals surface area (Å²) in [5.74, 6) is 1.25. The number of carbonyl (C=O) groups excluding carboxylic acids is 2. The lowest BCUT2D eigenvalue weighted by Crippen LogP contribution is -2.56. The van der Waals surface area contributed by atoms with E-state index in [-0.39, 0.29) is 23.1 Å². The number of hydrogen-bond donors (Lipinski definition) is 2. The van der Waals surface area contributed by atoms with E-state index in [1.165, 1.54) is 50.3 Å². The summed E-state index contributed by atoms with van der Waals surface area (Å²) < 4.78 is 0. The van der Waals surface area contributed by atoms with Gasteiger partial charge in [0.25, 0.3) is 0 Å². The van der Waals surface area contributed by atoms with Crippen LogP contribution in [-0.2, 0) is 9.59 Å². The summed E-state index contributed by atoms with van der Waals surface area (Å²) in [6, 6.07) is 4.28. The van der Waals surface area contributed by atoms with Gasteiger partial charge in [0, 0.05) is 11.5 Å². The topological polar surface area (TPSA) is 106 Å². The quantitative estimate of drug-likeness (QED) is 0.700. The Morgan fingerprint density at radius 2 is 1.77 bits per heavy atom. The van der Waals surface area contributed by atoms with Gasteiger partial charge in [-0.3, -0.25) is 9.59 Å². The molecule has 7 heteroatoms. The van der Waals surface area contributed by atoms with Gasteiger partial charge in [-0.1, -0.05) is 25.6 Å². The van der Waals surface area contributed by atoms with Gasteiger partial charge in [0.05, 0.1) is 28.5 Å². The van der Waals surface area contributed by atoms with E-state index in [4.69, 9.17) is 0 Å². The minimum Gasteiger partial charge on any atom is -0.352 e. The van der Waals surface area contributed by atoms with Crippen molar-refractivity contribution in [2.75, 3.05) is 5.75 Å². The fourth-order valence-corrected chi connectivity index (χ4v) is 7.80. The molecule has 1 heterocycles. The van der Waals surface area contributed by atoms with Gasteiger partial charge in [-0.05, 0) is 68.6 Å². The summed E-state index contributed by atoms with van der Waals surface area (Å²) >= 11 is 1.18. The second kappa shape index (κ2) is 7.61. The van der Waals surface area contributed by atoms with E-state index in [0.29, 0.717) is 10.6 Å². The van der Waals surface area contributed by atoms with Crippen molar-refractivity contribution in [3.05, 3.63) is 10.6 Å². The molecule has 2 N–H and O–H groups in total. The molecule has 0 spiro atoms. The molecule has 0 aromatic carbocycles. The fraction of sp³-hybridized carbons (Fsp3) is 0.739. The number of nitrogens with zero attached hydrogens (tertiary/aromatic N) is 2. The fourth-order valence-electron chi connectivity index (χ4n) is 6.82. The van der Waals surface area contributed by atoms with Crippen LogP contribution in [0.2, 0.25) is 0 Å². The van der Waals surface area contributed by atoms with Gasteiger partial charge < -0.3 is 10.6 Å². The van der Waals surface area contributed by atoms with Gasteiger partial charge in [0.15, 0.2) is 0 Å². The van der Waals surface area contributed by atoms with E-state index in [0.717, 1.165) is 17.8 Å². The van der Waals surface area contributed by atoms with E-state index < -0.39 is 17.2 Å². The van der Waals surface area contributed by atoms with Gasteiger partial charge in [-0.15, -0.1) is 0 Å². The summed E-state index contributed by atoms with van der Waals surface area (Å²) in [4.78, 5) is 25.0. The van der Waals surface area contributed by atoms with Gasteiger partial charge in [0.2, 0.25) is 11.8 Å². The smallest absolute Gasteiger partial charge is 0.243 e. The predicted octanol–water partition coefficient (Wildman–Crippen LogP) is 3.47. The number of hydrogen-bond acceptors (Lipinski definition) is 5. The Hall–Kier alpha value is -1.99. The predicted molar refractivity (Wildman–Crippen MR) is 114 cm³/mol. The van der Waals surface area contributed by atoms with Crippen LogP contribution < -0.4 is 10.6 Å². The minimum absolute atomic E-state index is 0.0671. The van der Waals surface area contributed by atoms with Crippen LogP contribution in [0.15, 0.2) is 10.6 Å². The van der Waals surface area contributed by atoms with Gasteiger partial charge in [0.1, 0.15) is 5.92 Å². The first-order chi connectivity index (χ1) is 14.2. The molecule has 0 unspecified atom stereocenters. The highest BCUT2D eigenvalue weighted by Crippen LogP contribution is 2.61. The molecule has 2 amide bonds. The number of carbonyl (C=O) groups is 2. The van der Waals surface area contributed by atoms with Crippen LogP contribution in [0.4, 0.5) is 0 Å². The molecule has 0 aromatic rings. The third-order valence-corrected chi connectivity index (χ3v) is 9.06. The molecule has 0 saturated heterocycles. The first-order valence-electron chi connectivity index (χ1n) is 11.0. The third kappa shape index (κ3) is 3.52. The first-order valence-corrected chi connectivity index (χ1v) is 11.9. The van der Waals surface area contributed by atoms with Crippen molar-refractivity contribution < 1.29 is 9.59 Å². The summed E-state index contributed by atoms with van der Waals surface area (Å²) in [5, 5.41) is 25.2. The number of allylic oxidation sites excluding steroid dienone is 1. The van der Waals surface area contributed by atoms with Gasteiger partial charge in [-0.2, -0.15) is 10.5 Å². The van der Waals surface area contributed by atoms with E-state index in [2.05, 4.69) is 23.6 Å². The Morgan fingerprint density at radius 1 is 1.20 bits per heavy atom. The SMILES string of the molecule is C[C@@H](NC(=O)CSC1=C(C#N)C(C)(C)[C@@H](C#N)C(=O)N1)C12CC3CC(CC(C3)C1)C2. The maximum absolute atomic E-state index is 12.7. The largest absolute Gasteiger partial charge is 0.352 e. The highest BCUT2D eigenvalue weighted by Gasteiger charge is 2.53. The van der Waals surface area contributed by atoms with Crippen LogP contribution in [0, 0.1) is 57.2 Å². The molecule has 30 heavy (non-hydrogen) atoms. The van der Waals surface area contributed by atoms with Crippen molar-refractivity contribution in [1.29, 1.82) is 10.5 Å². The number of amides is 2. The molecule has 5 aliphatic rings. The highest BCUT2D eigenvalue weighted by molar-refractivity contribution is 8.03. The molecular formula is C23H30N4O2S. The second-order valence-electron chi connectivity index (χ2n) is 10.4. The maximum atomic E-state index is 12.7. The van der Waals surface area contributed by atoms with Crippen LogP contribution in [0.25, 0.3) is 0 Å². The molecule has 4 saturated carbocycles.